The first kappa shape index (κ1) is 14.8. The summed E-state index contributed by atoms with van der Waals surface area (Å²) >= 11 is 3.15. The van der Waals surface area contributed by atoms with Gasteiger partial charge in [0.2, 0.25) is 0 Å². The van der Waals surface area contributed by atoms with E-state index in [1.54, 1.807) is 25.1 Å². The Kier molecular flexibility index (Phi) is 4.29. The number of esters is 1. The first-order chi connectivity index (χ1) is 9.46. The normalized spacial score (nSPS) is 11.3. The predicted octanol–water partition coefficient (Wildman–Crippen LogP) is 2.66. The molecule has 0 amide bonds. The molecule has 20 heavy (non-hydrogen) atoms. The molecule has 7 heteroatoms. The summed E-state index contributed by atoms with van der Waals surface area (Å²) in [5, 5.41) is 0. The van der Waals surface area contributed by atoms with Crippen molar-refractivity contribution in [2.75, 3.05) is 6.61 Å². The predicted molar refractivity (Wildman–Crippen MR) is 77.1 cm³/mol. The van der Waals surface area contributed by atoms with Gasteiger partial charge in [0.25, 0.3) is 10.0 Å². The Bertz CT molecular complexity index is 722. The molecule has 0 aliphatic rings. The quantitative estimate of drug-likeness (QED) is 0.789. The van der Waals surface area contributed by atoms with Gasteiger partial charge in [-0.25, -0.2) is 17.2 Å². The van der Waals surface area contributed by atoms with E-state index in [0.29, 0.717) is 0 Å². The van der Waals surface area contributed by atoms with Crippen molar-refractivity contribution in [3.8, 4) is 0 Å². The molecule has 0 radical (unpaired) electrons. The van der Waals surface area contributed by atoms with E-state index in [0.717, 1.165) is 3.97 Å². The lowest BCUT2D eigenvalue weighted by Gasteiger charge is -2.06. The van der Waals surface area contributed by atoms with Crippen LogP contribution in [-0.2, 0) is 14.8 Å². The summed E-state index contributed by atoms with van der Waals surface area (Å²) in [5.74, 6) is -0.560. The third-order valence-corrected chi connectivity index (χ3v) is 5.09. The monoisotopic (exact) mass is 357 g/mol. The topological polar surface area (TPSA) is 65.4 Å². The van der Waals surface area contributed by atoms with Crippen molar-refractivity contribution in [3.05, 3.63) is 52.8 Å². The van der Waals surface area contributed by atoms with Crippen LogP contribution >= 0.6 is 15.9 Å². The Morgan fingerprint density at radius 2 is 1.95 bits per heavy atom. The Morgan fingerprint density at radius 1 is 1.30 bits per heavy atom. The van der Waals surface area contributed by atoms with E-state index in [9.17, 15) is 13.2 Å². The number of benzene rings is 1. The smallest absolute Gasteiger partial charge is 0.339 e. The van der Waals surface area contributed by atoms with E-state index in [2.05, 4.69) is 15.9 Å². The van der Waals surface area contributed by atoms with Crippen molar-refractivity contribution in [1.29, 1.82) is 0 Å². The molecule has 0 saturated carbocycles. The van der Waals surface area contributed by atoms with E-state index in [1.807, 2.05) is 0 Å². The van der Waals surface area contributed by atoms with Crippen LogP contribution in [0.2, 0.25) is 0 Å². The number of halogens is 1. The number of nitrogens with zero attached hydrogens (tertiary/aromatic N) is 1. The minimum Gasteiger partial charge on any atom is -0.462 e. The number of aromatic nitrogens is 1. The van der Waals surface area contributed by atoms with Gasteiger partial charge in [0.1, 0.15) is 4.60 Å². The third-order valence-electron chi connectivity index (χ3n) is 2.55. The van der Waals surface area contributed by atoms with Gasteiger partial charge in [0.05, 0.1) is 17.1 Å². The van der Waals surface area contributed by atoms with Crippen LogP contribution in [0.3, 0.4) is 0 Å². The second-order valence-corrected chi connectivity index (χ2v) is 6.51. The van der Waals surface area contributed by atoms with Crippen LogP contribution in [0, 0.1) is 0 Å². The highest BCUT2D eigenvalue weighted by molar-refractivity contribution is 9.10. The Hall–Kier alpha value is -1.60. The third kappa shape index (κ3) is 2.78. The molecule has 1 heterocycles. The number of rotatable bonds is 4. The Labute approximate surface area is 125 Å². The molecule has 0 aliphatic heterocycles. The summed E-state index contributed by atoms with van der Waals surface area (Å²) in [6.45, 7) is 1.91. The van der Waals surface area contributed by atoms with Crippen LogP contribution in [0.15, 0.2) is 52.1 Å². The zero-order chi connectivity index (χ0) is 14.8. The lowest BCUT2D eigenvalue weighted by Crippen LogP contribution is -2.12. The lowest BCUT2D eigenvalue weighted by atomic mass is 10.3. The molecular formula is C13H12BrNO4S. The molecule has 0 spiro atoms. The molecule has 106 valence electrons. The fourth-order valence-electron chi connectivity index (χ4n) is 1.63. The van der Waals surface area contributed by atoms with Gasteiger partial charge >= 0.3 is 5.97 Å². The summed E-state index contributed by atoms with van der Waals surface area (Å²) in [6, 6.07) is 9.40. The van der Waals surface area contributed by atoms with Gasteiger partial charge in [-0.05, 0) is 41.1 Å². The maximum atomic E-state index is 12.4. The van der Waals surface area contributed by atoms with E-state index < -0.39 is 16.0 Å². The van der Waals surface area contributed by atoms with Crippen LogP contribution in [0.4, 0.5) is 0 Å². The highest BCUT2D eigenvalue weighted by Gasteiger charge is 2.22. The fourth-order valence-corrected chi connectivity index (χ4v) is 3.82. The molecule has 0 fully saturated rings. The van der Waals surface area contributed by atoms with Gasteiger partial charge in [-0.3, -0.25) is 0 Å². The van der Waals surface area contributed by atoms with Crippen molar-refractivity contribution in [3.63, 3.8) is 0 Å². The van der Waals surface area contributed by atoms with Gasteiger partial charge < -0.3 is 4.74 Å². The van der Waals surface area contributed by atoms with E-state index in [1.165, 1.54) is 24.4 Å². The minimum absolute atomic E-state index is 0.145. The number of hydrogen-bond acceptors (Lipinski definition) is 4. The number of carbonyl (C=O) groups is 1. The summed E-state index contributed by atoms with van der Waals surface area (Å²) in [5.41, 5.74) is 0.179. The zero-order valence-corrected chi connectivity index (χ0v) is 13.0. The van der Waals surface area contributed by atoms with Gasteiger partial charge in [0, 0.05) is 6.20 Å². The summed E-state index contributed by atoms with van der Waals surface area (Å²) in [4.78, 5) is 11.8. The van der Waals surface area contributed by atoms with Crippen molar-refractivity contribution < 1.29 is 17.9 Å². The molecule has 0 saturated heterocycles. The first-order valence-corrected chi connectivity index (χ1v) is 8.05. The maximum Gasteiger partial charge on any atom is 0.339 e. The van der Waals surface area contributed by atoms with E-state index >= 15 is 0 Å². The Balaban J connectivity index is 2.46. The first-order valence-electron chi connectivity index (χ1n) is 5.82. The van der Waals surface area contributed by atoms with Gasteiger partial charge in [-0.15, -0.1) is 0 Å². The second-order valence-electron chi connectivity index (χ2n) is 3.89. The standard InChI is InChI=1S/C13H12BrNO4S/c1-2-19-13(16)10-8-12(14)15(9-10)20(17,18)11-6-4-3-5-7-11/h3-9H,2H2,1H3. The highest BCUT2D eigenvalue weighted by atomic mass is 79.9. The average molecular weight is 358 g/mol. The van der Waals surface area contributed by atoms with Crippen molar-refractivity contribution >= 4 is 31.9 Å². The zero-order valence-electron chi connectivity index (χ0n) is 10.6. The molecule has 0 atom stereocenters. The van der Waals surface area contributed by atoms with Crippen LogP contribution in [0.1, 0.15) is 17.3 Å². The molecule has 0 unspecified atom stereocenters. The maximum absolute atomic E-state index is 12.4. The summed E-state index contributed by atoms with van der Waals surface area (Å²) < 4.78 is 31.0. The average Bonchev–Trinajstić information content (AvgIpc) is 2.83. The summed E-state index contributed by atoms with van der Waals surface area (Å²) in [7, 11) is -3.74. The molecular weight excluding hydrogens is 346 g/mol. The lowest BCUT2D eigenvalue weighted by molar-refractivity contribution is 0.0526. The Morgan fingerprint density at radius 3 is 2.55 bits per heavy atom. The number of ether oxygens (including phenoxy) is 1. The summed E-state index contributed by atoms with van der Waals surface area (Å²) in [6.07, 6.45) is 1.24. The molecule has 5 nitrogen and oxygen atoms in total. The van der Waals surface area contributed by atoms with Gasteiger partial charge in [-0.1, -0.05) is 18.2 Å². The van der Waals surface area contributed by atoms with Crippen molar-refractivity contribution in [2.24, 2.45) is 0 Å². The molecule has 0 N–H and O–H groups in total. The van der Waals surface area contributed by atoms with Crippen LogP contribution < -0.4 is 0 Å². The fraction of sp³-hybridized carbons (Fsp3) is 0.154. The van der Waals surface area contributed by atoms with Crippen LogP contribution in [-0.4, -0.2) is 25.0 Å². The van der Waals surface area contributed by atoms with Crippen molar-refractivity contribution in [1.82, 2.24) is 3.97 Å². The molecule has 1 aromatic heterocycles. The largest absolute Gasteiger partial charge is 0.462 e. The van der Waals surface area contributed by atoms with Crippen molar-refractivity contribution in [2.45, 2.75) is 11.8 Å². The molecule has 0 aliphatic carbocycles. The highest BCUT2D eigenvalue weighted by Crippen LogP contribution is 2.22. The molecule has 1 aromatic carbocycles. The molecule has 2 aromatic rings. The molecule has 2 rings (SSSR count). The second kappa shape index (κ2) is 5.80. The van der Waals surface area contributed by atoms with E-state index in [4.69, 9.17) is 4.74 Å². The van der Waals surface area contributed by atoms with Crippen LogP contribution in [0.5, 0.6) is 0 Å². The number of hydrogen-bond donors (Lipinski definition) is 0. The van der Waals surface area contributed by atoms with Gasteiger partial charge in [-0.2, -0.15) is 0 Å². The minimum atomic E-state index is -3.74. The van der Waals surface area contributed by atoms with E-state index in [-0.39, 0.29) is 21.7 Å². The SMILES string of the molecule is CCOC(=O)c1cc(Br)n(S(=O)(=O)c2ccccc2)c1. The van der Waals surface area contributed by atoms with Gasteiger partial charge in [0.15, 0.2) is 0 Å². The number of carbonyl (C=O) groups excluding carboxylic acids is 1. The molecule has 0 bridgehead atoms. The van der Waals surface area contributed by atoms with Crippen LogP contribution in [0.25, 0.3) is 0 Å².